The van der Waals surface area contributed by atoms with Crippen LogP contribution in [0.4, 0.5) is 5.69 Å². The van der Waals surface area contributed by atoms with Gasteiger partial charge in [0.05, 0.1) is 7.11 Å². The third-order valence-corrected chi connectivity index (χ3v) is 4.72. The molecule has 1 N–H and O–H groups in total. The van der Waals surface area contributed by atoms with Crippen molar-refractivity contribution in [2.75, 3.05) is 12.4 Å². The Morgan fingerprint density at radius 3 is 2.28 bits per heavy atom. The largest absolute Gasteiger partial charge is 0.493 e. The lowest BCUT2D eigenvalue weighted by molar-refractivity contribution is 0.102. The summed E-state index contributed by atoms with van der Waals surface area (Å²) in [5.74, 6) is 1.24. The Morgan fingerprint density at radius 2 is 1.48 bits per heavy atom. The van der Waals surface area contributed by atoms with Crippen LogP contribution in [0.2, 0.25) is 0 Å². The Balaban J connectivity index is 1.44. The number of hydrogen-bond acceptors (Lipinski definition) is 3. The maximum absolute atomic E-state index is 12.7. The lowest BCUT2D eigenvalue weighted by Gasteiger charge is -2.11. The summed E-state index contributed by atoms with van der Waals surface area (Å²) in [6.45, 7) is 0.394. The molecule has 0 saturated carbocycles. The summed E-state index contributed by atoms with van der Waals surface area (Å²) in [6.07, 6.45) is 0. The molecule has 0 saturated heterocycles. The minimum atomic E-state index is -0.140. The average molecular weight is 383 g/mol. The van der Waals surface area contributed by atoms with Gasteiger partial charge >= 0.3 is 0 Å². The molecule has 0 aromatic heterocycles. The molecule has 4 nitrogen and oxygen atoms in total. The number of nitrogens with one attached hydrogen (secondary N) is 1. The predicted molar refractivity (Wildman–Crippen MR) is 116 cm³/mol. The number of carbonyl (C=O) groups excluding carboxylic acids is 1. The number of rotatable bonds is 6. The smallest absolute Gasteiger partial charge is 0.255 e. The quantitative estimate of drug-likeness (QED) is 0.466. The molecule has 144 valence electrons. The molecule has 4 aromatic carbocycles. The van der Waals surface area contributed by atoms with Gasteiger partial charge in [-0.3, -0.25) is 4.79 Å². The Bertz CT molecular complexity index is 1130. The monoisotopic (exact) mass is 383 g/mol. The van der Waals surface area contributed by atoms with E-state index in [0.29, 0.717) is 23.7 Å². The molecule has 0 fully saturated rings. The number of methoxy groups -OCH3 is 1. The van der Waals surface area contributed by atoms with E-state index in [1.165, 1.54) is 0 Å². The van der Waals surface area contributed by atoms with Crippen molar-refractivity contribution < 1.29 is 14.3 Å². The first kappa shape index (κ1) is 18.6. The van der Waals surface area contributed by atoms with Gasteiger partial charge in [-0.25, -0.2) is 0 Å². The van der Waals surface area contributed by atoms with E-state index in [-0.39, 0.29) is 5.91 Å². The fourth-order valence-corrected chi connectivity index (χ4v) is 3.18. The summed E-state index contributed by atoms with van der Waals surface area (Å²) in [5.41, 5.74) is 2.37. The number of fused-ring (bicyclic) bond motifs is 1. The van der Waals surface area contributed by atoms with Crippen LogP contribution in [0.5, 0.6) is 11.5 Å². The molecule has 4 heteroatoms. The maximum atomic E-state index is 12.7. The van der Waals surface area contributed by atoms with E-state index in [0.717, 1.165) is 22.0 Å². The molecular formula is C25H21NO3. The fourth-order valence-electron chi connectivity index (χ4n) is 3.18. The first-order valence-electron chi connectivity index (χ1n) is 9.38. The van der Waals surface area contributed by atoms with Gasteiger partial charge in [0.25, 0.3) is 5.91 Å². The lowest BCUT2D eigenvalue weighted by Crippen LogP contribution is -2.12. The Labute approximate surface area is 169 Å². The maximum Gasteiger partial charge on any atom is 0.255 e. The minimum Gasteiger partial charge on any atom is -0.493 e. The molecule has 1 amide bonds. The number of benzene rings is 4. The van der Waals surface area contributed by atoms with Crippen LogP contribution in [-0.2, 0) is 6.61 Å². The molecule has 0 unspecified atom stereocenters. The van der Waals surface area contributed by atoms with Crippen LogP contribution in [0.25, 0.3) is 10.8 Å². The average Bonchev–Trinajstić information content (AvgIpc) is 2.78. The van der Waals surface area contributed by atoms with Crippen LogP contribution in [0.1, 0.15) is 15.9 Å². The van der Waals surface area contributed by atoms with Crippen molar-refractivity contribution in [2.45, 2.75) is 6.61 Å². The number of carbonyl (C=O) groups is 1. The summed E-state index contributed by atoms with van der Waals surface area (Å²) in [7, 11) is 1.62. The zero-order chi connectivity index (χ0) is 20.1. The lowest BCUT2D eigenvalue weighted by atomic mass is 10.1. The van der Waals surface area contributed by atoms with Gasteiger partial charge in [0.15, 0.2) is 11.5 Å². The van der Waals surface area contributed by atoms with E-state index < -0.39 is 0 Å². The molecule has 0 aliphatic carbocycles. The molecule has 0 radical (unpaired) electrons. The molecule has 4 aromatic rings. The first-order chi connectivity index (χ1) is 14.2. The van der Waals surface area contributed by atoms with Crippen molar-refractivity contribution in [1.82, 2.24) is 0 Å². The van der Waals surface area contributed by atoms with Gasteiger partial charge in [-0.05, 0) is 41.3 Å². The zero-order valence-corrected chi connectivity index (χ0v) is 16.1. The van der Waals surface area contributed by atoms with E-state index in [1.54, 1.807) is 19.2 Å². The van der Waals surface area contributed by atoms with Crippen molar-refractivity contribution in [1.29, 1.82) is 0 Å². The van der Waals surface area contributed by atoms with E-state index in [4.69, 9.17) is 9.47 Å². The molecule has 4 rings (SSSR count). The Kier molecular flexibility index (Phi) is 5.43. The second kappa shape index (κ2) is 8.48. The van der Waals surface area contributed by atoms with E-state index >= 15 is 0 Å². The normalized spacial score (nSPS) is 10.5. The van der Waals surface area contributed by atoms with Crippen molar-refractivity contribution >= 4 is 22.4 Å². The third-order valence-electron chi connectivity index (χ3n) is 4.72. The Morgan fingerprint density at radius 1 is 0.793 bits per heavy atom. The molecule has 0 heterocycles. The summed E-state index contributed by atoms with van der Waals surface area (Å²) in [4.78, 5) is 12.7. The van der Waals surface area contributed by atoms with Gasteiger partial charge in [-0.1, -0.05) is 60.7 Å². The van der Waals surface area contributed by atoms with E-state index in [9.17, 15) is 4.79 Å². The van der Waals surface area contributed by atoms with Crippen LogP contribution in [0.3, 0.4) is 0 Å². The number of ether oxygens (including phenoxy) is 2. The number of amides is 1. The zero-order valence-electron chi connectivity index (χ0n) is 16.1. The second-order valence-corrected chi connectivity index (χ2v) is 6.62. The van der Waals surface area contributed by atoms with E-state index in [1.807, 2.05) is 78.9 Å². The van der Waals surface area contributed by atoms with Crippen LogP contribution in [0, 0.1) is 0 Å². The van der Waals surface area contributed by atoms with Crippen LogP contribution >= 0.6 is 0 Å². The highest BCUT2D eigenvalue weighted by Gasteiger charge is 2.09. The molecule has 0 aliphatic rings. The van der Waals surface area contributed by atoms with Crippen molar-refractivity contribution in [2.24, 2.45) is 0 Å². The van der Waals surface area contributed by atoms with Crippen LogP contribution < -0.4 is 14.8 Å². The highest BCUT2D eigenvalue weighted by molar-refractivity contribution is 6.09. The number of hydrogen-bond donors (Lipinski definition) is 1. The molecule has 0 aliphatic heterocycles. The molecule has 29 heavy (non-hydrogen) atoms. The minimum absolute atomic E-state index is 0.140. The van der Waals surface area contributed by atoms with Gasteiger partial charge in [-0.15, -0.1) is 0 Å². The number of anilines is 1. The van der Waals surface area contributed by atoms with Crippen molar-refractivity contribution in [3.05, 3.63) is 102 Å². The summed E-state index contributed by atoms with van der Waals surface area (Å²) >= 11 is 0. The van der Waals surface area contributed by atoms with Gasteiger partial charge in [0.1, 0.15) is 6.61 Å². The molecule has 0 spiro atoms. The Hall–Kier alpha value is -3.79. The third kappa shape index (κ3) is 4.22. The van der Waals surface area contributed by atoms with Gasteiger partial charge < -0.3 is 14.8 Å². The van der Waals surface area contributed by atoms with Crippen molar-refractivity contribution in [3.63, 3.8) is 0 Å². The highest BCUT2D eigenvalue weighted by atomic mass is 16.5. The van der Waals surface area contributed by atoms with E-state index in [2.05, 4.69) is 5.32 Å². The standard InChI is InChI=1S/C25H21NO3/c1-28-23-11-4-5-12-24(23)29-17-18-13-15-20(16-14-18)25(27)26-22-10-6-8-19-7-2-3-9-21(19)22/h2-16H,17H2,1H3,(H,26,27). The first-order valence-corrected chi connectivity index (χ1v) is 9.38. The number of para-hydroxylation sites is 2. The van der Waals surface area contributed by atoms with Crippen molar-refractivity contribution in [3.8, 4) is 11.5 Å². The molecule has 0 bridgehead atoms. The molecular weight excluding hydrogens is 362 g/mol. The summed E-state index contributed by atoms with van der Waals surface area (Å²) < 4.78 is 11.1. The second-order valence-electron chi connectivity index (χ2n) is 6.62. The molecule has 0 atom stereocenters. The summed E-state index contributed by atoms with van der Waals surface area (Å²) in [6, 6.07) is 28.8. The topological polar surface area (TPSA) is 47.6 Å². The van der Waals surface area contributed by atoms with Gasteiger partial charge in [-0.2, -0.15) is 0 Å². The van der Waals surface area contributed by atoms with Crippen LogP contribution in [-0.4, -0.2) is 13.0 Å². The highest BCUT2D eigenvalue weighted by Crippen LogP contribution is 2.27. The summed E-state index contributed by atoms with van der Waals surface area (Å²) in [5, 5.41) is 5.12. The predicted octanol–water partition coefficient (Wildman–Crippen LogP) is 5.68. The fraction of sp³-hybridized carbons (Fsp3) is 0.0800. The SMILES string of the molecule is COc1ccccc1OCc1ccc(C(=O)Nc2cccc3ccccc23)cc1. The van der Waals surface area contributed by atoms with Gasteiger partial charge in [0, 0.05) is 16.6 Å². The van der Waals surface area contributed by atoms with Gasteiger partial charge in [0.2, 0.25) is 0 Å². The van der Waals surface area contributed by atoms with Crippen LogP contribution in [0.15, 0.2) is 91.0 Å².